The zero-order chi connectivity index (χ0) is 15.5. The van der Waals surface area contributed by atoms with Crippen molar-refractivity contribution >= 4 is 17.6 Å². The summed E-state index contributed by atoms with van der Waals surface area (Å²) >= 11 is 0. The van der Waals surface area contributed by atoms with Gasteiger partial charge in [-0.1, -0.05) is 12.1 Å². The van der Waals surface area contributed by atoms with Crippen molar-refractivity contribution in [1.29, 1.82) is 0 Å². The largest absolute Gasteiger partial charge is 0.481 e. The van der Waals surface area contributed by atoms with Crippen LogP contribution in [0.25, 0.3) is 0 Å². The van der Waals surface area contributed by atoms with Crippen LogP contribution >= 0.6 is 0 Å². The predicted octanol–water partition coefficient (Wildman–Crippen LogP) is 1.65. The third-order valence-electron chi connectivity index (χ3n) is 3.72. The summed E-state index contributed by atoms with van der Waals surface area (Å²) in [7, 11) is 0. The lowest BCUT2D eigenvalue weighted by atomic mass is 9.74. The molecule has 0 unspecified atom stereocenters. The summed E-state index contributed by atoms with van der Waals surface area (Å²) in [5.41, 5.74) is 0.00681. The van der Waals surface area contributed by atoms with Gasteiger partial charge in [-0.15, -0.1) is 0 Å². The molecule has 0 heterocycles. The number of carboxylic acid groups (broad SMARTS) is 1. The molecule has 0 radical (unpaired) electrons. The number of nitrogens with one attached hydrogen (secondary N) is 1. The molecule has 2 rings (SSSR count). The van der Waals surface area contributed by atoms with Crippen molar-refractivity contribution in [3.05, 3.63) is 39.9 Å². The second-order valence-corrected chi connectivity index (χ2v) is 5.35. The molecule has 7 nitrogen and oxygen atoms in total. The van der Waals surface area contributed by atoms with Crippen molar-refractivity contribution in [2.75, 3.05) is 0 Å². The van der Waals surface area contributed by atoms with Gasteiger partial charge >= 0.3 is 5.97 Å². The lowest BCUT2D eigenvalue weighted by molar-refractivity contribution is -0.384. The van der Waals surface area contributed by atoms with Crippen molar-refractivity contribution in [1.82, 2.24) is 5.32 Å². The molecule has 1 saturated carbocycles. The maximum absolute atomic E-state index is 12.0. The average molecular weight is 292 g/mol. The Morgan fingerprint density at radius 3 is 2.33 bits per heavy atom. The Labute approximate surface area is 121 Å². The van der Waals surface area contributed by atoms with Crippen LogP contribution < -0.4 is 5.32 Å². The molecule has 1 aliphatic rings. The van der Waals surface area contributed by atoms with Crippen LogP contribution in [-0.4, -0.2) is 27.4 Å². The number of carboxylic acids is 1. The van der Waals surface area contributed by atoms with E-state index in [9.17, 15) is 19.7 Å². The van der Waals surface area contributed by atoms with Gasteiger partial charge < -0.3 is 10.4 Å². The molecule has 0 atom stereocenters. The van der Waals surface area contributed by atoms with Gasteiger partial charge in [-0.05, 0) is 24.8 Å². The number of carbonyl (C=O) groups excluding carboxylic acids is 1. The Morgan fingerprint density at radius 2 is 1.90 bits per heavy atom. The normalized spacial score (nSPS) is 15.8. The SMILES string of the molecule is O=C(O)CC1(NC(=O)Cc2ccc([N+](=O)[O-])cc2)CCC1. The van der Waals surface area contributed by atoms with Crippen LogP contribution in [0.1, 0.15) is 31.2 Å². The molecule has 1 aliphatic carbocycles. The maximum Gasteiger partial charge on any atom is 0.305 e. The van der Waals surface area contributed by atoms with E-state index in [1.54, 1.807) is 0 Å². The molecule has 112 valence electrons. The Morgan fingerprint density at radius 1 is 1.29 bits per heavy atom. The molecule has 1 amide bonds. The highest BCUT2D eigenvalue weighted by molar-refractivity contribution is 5.80. The van der Waals surface area contributed by atoms with Gasteiger partial charge in [0.05, 0.1) is 23.3 Å². The molecule has 21 heavy (non-hydrogen) atoms. The second kappa shape index (κ2) is 5.90. The third-order valence-corrected chi connectivity index (χ3v) is 3.72. The van der Waals surface area contributed by atoms with Gasteiger partial charge in [-0.2, -0.15) is 0 Å². The highest BCUT2D eigenvalue weighted by atomic mass is 16.6. The minimum atomic E-state index is -0.926. The predicted molar refractivity (Wildman–Crippen MR) is 73.8 cm³/mol. The summed E-state index contributed by atoms with van der Waals surface area (Å²) in [4.78, 5) is 32.9. The first-order chi connectivity index (χ1) is 9.90. The van der Waals surface area contributed by atoms with Crippen molar-refractivity contribution < 1.29 is 19.6 Å². The first-order valence-electron chi connectivity index (χ1n) is 6.66. The Hall–Kier alpha value is -2.44. The molecule has 0 saturated heterocycles. The Bertz CT molecular complexity index is 563. The van der Waals surface area contributed by atoms with Crippen LogP contribution in [0.4, 0.5) is 5.69 Å². The van der Waals surface area contributed by atoms with Crippen molar-refractivity contribution in [3.8, 4) is 0 Å². The third kappa shape index (κ3) is 3.77. The van der Waals surface area contributed by atoms with E-state index in [1.807, 2.05) is 0 Å². The Balaban J connectivity index is 1.95. The smallest absolute Gasteiger partial charge is 0.305 e. The molecule has 1 fully saturated rings. The molecule has 0 aromatic heterocycles. The maximum atomic E-state index is 12.0. The molecule has 1 aromatic rings. The van der Waals surface area contributed by atoms with E-state index < -0.39 is 16.4 Å². The highest BCUT2D eigenvalue weighted by Gasteiger charge is 2.40. The minimum absolute atomic E-state index is 0.0273. The van der Waals surface area contributed by atoms with E-state index >= 15 is 0 Å². The van der Waals surface area contributed by atoms with Crippen LogP contribution in [0.15, 0.2) is 24.3 Å². The lowest BCUT2D eigenvalue weighted by Gasteiger charge is -2.41. The number of carbonyl (C=O) groups is 2. The van der Waals surface area contributed by atoms with Crippen molar-refractivity contribution in [2.24, 2.45) is 0 Å². The number of amides is 1. The fraction of sp³-hybridized carbons (Fsp3) is 0.429. The molecule has 0 bridgehead atoms. The van der Waals surface area contributed by atoms with Crippen LogP contribution in [-0.2, 0) is 16.0 Å². The van der Waals surface area contributed by atoms with Crippen LogP contribution in [0.5, 0.6) is 0 Å². The van der Waals surface area contributed by atoms with Crippen LogP contribution in [0, 0.1) is 10.1 Å². The molecule has 0 spiro atoms. The van der Waals surface area contributed by atoms with Crippen molar-refractivity contribution in [3.63, 3.8) is 0 Å². The molecule has 2 N–H and O–H groups in total. The summed E-state index contributed by atoms with van der Waals surface area (Å²) in [6, 6.07) is 5.75. The van der Waals surface area contributed by atoms with Gasteiger partial charge in [0.1, 0.15) is 0 Å². The van der Waals surface area contributed by atoms with Crippen LogP contribution in [0.2, 0.25) is 0 Å². The summed E-state index contributed by atoms with van der Waals surface area (Å²) < 4.78 is 0. The number of rotatable bonds is 6. The topological polar surface area (TPSA) is 110 Å². The fourth-order valence-electron chi connectivity index (χ4n) is 2.50. The summed E-state index contributed by atoms with van der Waals surface area (Å²) in [6.45, 7) is 0. The molecular weight excluding hydrogens is 276 g/mol. The highest BCUT2D eigenvalue weighted by Crippen LogP contribution is 2.35. The van der Waals surface area contributed by atoms with E-state index in [1.165, 1.54) is 24.3 Å². The zero-order valence-electron chi connectivity index (χ0n) is 11.4. The summed E-state index contributed by atoms with van der Waals surface area (Å²) in [5, 5.41) is 22.2. The monoisotopic (exact) mass is 292 g/mol. The Kier molecular flexibility index (Phi) is 4.21. The van der Waals surface area contributed by atoms with E-state index in [4.69, 9.17) is 5.11 Å². The van der Waals surface area contributed by atoms with E-state index in [0.717, 1.165) is 6.42 Å². The lowest BCUT2D eigenvalue weighted by Crippen LogP contribution is -2.55. The van der Waals surface area contributed by atoms with E-state index in [0.29, 0.717) is 18.4 Å². The van der Waals surface area contributed by atoms with E-state index in [2.05, 4.69) is 5.32 Å². The molecule has 0 aliphatic heterocycles. The second-order valence-electron chi connectivity index (χ2n) is 5.35. The number of non-ortho nitro benzene ring substituents is 1. The molecular formula is C14H16N2O5. The van der Waals surface area contributed by atoms with Gasteiger partial charge in [0.2, 0.25) is 5.91 Å². The summed E-state index contributed by atoms with van der Waals surface area (Å²) in [6.07, 6.45) is 2.26. The van der Waals surface area contributed by atoms with E-state index in [-0.39, 0.29) is 24.4 Å². The quantitative estimate of drug-likeness (QED) is 0.612. The first kappa shape index (κ1) is 15.0. The fourth-order valence-corrected chi connectivity index (χ4v) is 2.50. The average Bonchev–Trinajstić information content (AvgIpc) is 2.36. The molecule has 1 aromatic carbocycles. The van der Waals surface area contributed by atoms with Gasteiger partial charge in [0.15, 0.2) is 0 Å². The van der Waals surface area contributed by atoms with Gasteiger partial charge in [-0.25, -0.2) is 0 Å². The first-order valence-corrected chi connectivity index (χ1v) is 6.66. The number of nitro groups is 1. The number of hydrogen-bond donors (Lipinski definition) is 2. The van der Waals surface area contributed by atoms with Gasteiger partial charge in [-0.3, -0.25) is 19.7 Å². The zero-order valence-corrected chi connectivity index (χ0v) is 11.4. The van der Waals surface area contributed by atoms with Gasteiger partial charge in [0.25, 0.3) is 5.69 Å². The van der Waals surface area contributed by atoms with Crippen molar-refractivity contribution in [2.45, 2.75) is 37.6 Å². The molecule has 7 heteroatoms. The summed E-state index contributed by atoms with van der Waals surface area (Å²) in [5.74, 6) is -1.19. The van der Waals surface area contributed by atoms with Crippen LogP contribution in [0.3, 0.4) is 0 Å². The number of nitrogens with zero attached hydrogens (tertiary/aromatic N) is 1. The number of hydrogen-bond acceptors (Lipinski definition) is 4. The number of nitro benzene ring substituents is 1. The number of aliphatic carboxylic acids is 1. The standard InChI is InChI=1S/C14H16N2O5/c17-12(15-14(6-1-7-14)9-13(18)19)8-10-2-4-11(5-3-10)16(20)21/h2-5H,1,6-9H2,(H,15,17)(H,18,19). The minimum Gasteiger partial charge on any atom is -0.481 e. The number of benzene rings is 1. The van der Waals surface area contributed by atoms with Gasteiger partial charge in [0, 0.05) is 12.1 Å².